The van der Waals surface area contributed by atoms with E-state index in [0.29, 0.717) is 0 Å². The Kier molecular flexibility index (Phi) is 3.78. The second-order valence-corrected chi connectivity index (χ2v) is 6.23. The number of hydrogen-bond donors (Lipinski definition) is 1. The summed E-state index contributed by atoms with van der Waals surface area (Å²) < 4.78 is 2.89. The minimum atomic E-state index is -0.00305. The van der Waals surface area contributed by atoms with Crippen molar-refractivity contribution in [2.45, 2.75) is 25.3 Å². The van der Waals surface area contributed by atoms with E-state index in [9.17, 15) is 4.79 Å². The van der Waals surface area contributed by atoms with Gasteiger partial charge in [-0.2, -0.15) is 5.10 Å². The molecule has 3 rings (SSSR count). The lowest BCUT2D eigenvalue weighted by molar-refractivity contribution is 0.0931. The highest BCUT2D eigenvalue weighted by Crippen LogP contribution is 2.29. The molecule has 1 aliphatic carbocycles. The Morgan fingerprint density at radius 1 is 1.45 bits per heavy atom. The standard InChI is InChI=1S/C15H16IN3O/c1-19-14-8-4-7-13(11(14)9-17-19)18-15(20)10-5-2-3-6-12(10)16/h2-3,5-6,9,13H,4,7-8H2,1H3,(H,18,20). The van der Waals surface area contributed by atoms with E-state index in [0.717, 1.165) is 34.0 Å². The van der Waals surface area contributed by atoms with Crippen molar-refractivity contribution in [1.29, 1.82) is 0 Å². The van der Waals surface area contributed by atoms with E-state index in [1.54, 1.807) is 0 Å². The van der Waals surface area contributed by atoms with Crippen LogP contribution in [0.15, 0.2) is 30.5 Å². The minimum absolute atomic E-state index is 0.00305. The molecule has 0 saturated heterocycles. The average molecular weight is 381 g/mol. The number of nitrogens with zero attached hydrogens (tertiary/aromatic N) is 2. The Labute approximate surface area is 131 Å². The van der Waals surface area contributed by atoms with Crippen molar-refractivity contribution in [1.82, 2.24) is 15.1 Å². The molecule has 1 atom stereocenters. The van der Waals surface area contributed by atoms with Crippen LogP contribution in [0.25, 0.3) is 0 Å². The number of amides is 1. The van der Waals surface area contributed by atoms with E-state index in [1.807, 2.05) is 42.2 Å². The maximum Gasteiger partial charge on any atom is 0.252 e. The van der Waals surface area contributed by atoms with Gasteiger partial charge >= 0.3 is 0 Å². The third-order valence-corrected chi connectivity index (χ3v) is 4.74. The van der Waals surface area contributed by atoms with Crippen LogP contribution in [-0.2, 0) is 13.5 Å². The molecule has 0 spiro atoms. The largest absolute Gasteiger partial charge is 0.345 e. The molecule has 5 heteroatoms. The van der Waals surface area contributed by atoms with Gasteiger partial charge in [0, 0.05) is 21.9 Å². The molecule has 1 aliphatic rings. The van der Waals surface area contributed by atoms with Gasteiger partial charge in [0.15, 0.2) is 0 Å². The number of carbonyl (C=O) groups excluding carboxylic acids is 1. The fraction of sp³-hybridized carbons (Fsp3) is 0.333. The summed E-state index contributed by atoms with van der Waals surface area (Å²) in [5, 5.41) is 7.46. The molecule has 1 aromatic heterocycles. The van der Waals surface area contributed by atoms with Gasteiger partial charge in [0.05, 0.1) is 17.8 Å². The Bertz CT molecular complexity index is 650. The molecule has 2 aromatic rings. The summed E-state index contributed by atoms with van der Waals surface area (Å²) in [6, 6.07) is 7.73. The number of hydrogen-bond acceptors (Lipinski definition) is 2. The first-order valence-electron chi connectivity index (χ1n) is 6.73. The fourth-order valence-electron chi connectivity index (χ4n) is 2.74. The Balaban J connectivity index is 1.83. The second-order valence-electron chi connectivity index (χ2n) is 5.07. The molecule has 1 amide bonds. The van der Waals surface area contributed by atoms with Gasteiger partial charge in [-0.3, -0.25) is 9.48 Å². The average Bonchev–Trinajstić information content (AvgIpc) is 2.82. The maximum absolute atomic E-state index is 12.4. The van der Waals surface area contributed by atoms with Crippen molar-refractivity contribution in [3.05, 3.63) is 50.9 Å². The molecule has 104 valence electrons. The van der Waals surface area contributed by atoms with Gasteiger partial charge in [0.1, 0.15) is 0 Å². The number of carbonyl (C=O) groups is 1. The van der Waals surface area contributed by atoms with Gasteiger partial charge in [0.2, 0.25) is 0 Å². The summed E-state index contributed by atoms with van der Waals surface area (Å²) in [5.74, 6) is -0.00305. The third kappa shape index (κ3) is 2.46. The lowest BCUT2D eigenvalue weighted by Crippen LogP contribution is -2.31. The summed E-state index contributed by atoms with van der Waals surface area (Å²) in [6.45, 7) is 0. The maximum atomic E-state index is 12.4. The van der Waals surface area contributed by atoms with Gasteiger partial charge in [-0.05, 0) is 54.0 Å². The lowest BCUT2D eigenvalue weighted by Gasteiger charge is -2.24. The van der Waals surface area contributed by atoms with Gasteiger partial charge in [-0.1, -0.05) is 12.1 Å². The summed E-state index contributed by atoms with van der Waals surface area (Å²) in [7, 11) is 1.96. The normalized spacial score (nSPS) is 17.6. The van der Waals surface area contributed by atoms with E-state index >= 15 is 0 Å². The molecule has 4 nitrogen and oxygen atoms in total. The van der Waals surface area contributed by atoms with Crippen molar-refractivity contribution in [3.8, 4) is 0 Å². The zero-order chi connectivity index (χ0) is 14.1. The second kappa shape index (κ2) is 5.55. The van der Waals surface area contributed by atoms with Crippen LogP contribution >= 0.6 is 22.6 Å². The molecular formula is C15H16IN3O. The Hall–Kier alpha value is -1.37. The molecule has 0 fully saturated rings. The monoisotopic (exact) mass is 381 g/mol. The smallest absolute Gasteiger partial charge is 0.252 e. The molecule has 0 bridgehead atoms. The summed E-state index contributed by atoms with van der Waals surface area (Å²) >= 11 is 2.20. The molecule has 1 aromatic carbocycles. The zero-order valence-electron chi connectivity index (χ0n) is 11.3. The lowest BCUT2D eigenvalue weighted by atomic mass is 9.93. The highest BCUT2D eigenvalue weighted by molar-refractivity contribution is 14.1. The first-order valence-corrected chi connectivity index (χ1v) is 7.81. The number of rotatable bonds is 2. The minimum Gasteiger partial charge on any atom is -0.345 e. The fourth-order valence-corrected chi connectivity index (χ4v) is 3.37. The SMILES string of the molecule is Cn1ncc2c1CCCC2NC(=O)c1ccccc1I. The number of aryl methyl sites for hydroxylation is 1. The van der Waals surface area contributed by atoms with Gasteiger partial charge in [0.25, 0.3) is 5.91 Å². The molecule has 1 heterocycles. The van der Waals surface area contributed by atoms with Crippen LogP contribution in [0.3, 0.4) is 0 Å². The van der Waals surface area contributed by atoms with E-state index < -0.39 is 0 Å². The number of benzene rings is 1. The quantitative estimate of drug-likeness (QED) is 0.814. The van der Waals surface area contributed by atoms with Gasteiger partial charge in [-0.15, -0.1) is 0 Å². The van der Waals surface area contributed by atoms with Crippen LogP contribution in [-0.4, -0.2) is 15.7 Å². The van der Waals surface area contributed by atoms with Crippen LogP contribution < -0.4 is 5.32 Å². The zero-order valence-corrected chi connectivity index (χ0v) is 13.4. The topological polar surface area (TPSA) is 46.9 Å². The molecule has 0 saturated carbocycles. The highest BCUT2D eigenvalue weighted by Gasteiger charge is 2.25. The Morgan fingerprint density at radius 3 is 3.05 bits per heavy atom. The van der Waals surface area contributed by atoms with Crippen molar-refractivity contribution in [2.24, 2.45) is 7.05 Å². The van der Waals surface area contributed by atoms with Crippen LogP contribution in [0.5, 0.6) is 0 Å². The summed E-state index contributed by atoms with van der Waals surface area (Å²) in [4.78, 5) is 12.4. The number of fused-ring (bicyclic) bond motifs is 1. The van der Waals surface area contributed by atoms with E-state index in [1.165, 1.54) is 5.69 Å². The molecule has 0 aliphatic heterocycles. The van der Waals surface area contributed by atoms with Gasteiger partial charge in [-0.25, -0.2) is 0 Å². The van der Waals surface area contributed by atoms with Gasteiger partial charge < -0.3 is 5.32 Å². The highest BCUT2D eigenvalue weighted by atomic mass is 127. The van der Waals surface area contributed by atoms with Crippen LogP contribution in [0.1, 0.15) is 40.5 Å². The van der Waals surface area contributed by atoms with Crippen molar-refractivity contribution >= 4 is 28.5 Å². The van der Waals surface area contributed by atoms with Crippen LogP contribution in [0.4, 0.5) is 0 Å². The first-order chi connectivity index (χ1) is 9.66. The number of aromatic nitrogens is 2. The molecule has 1 N–H and O–H groups in total. The first kappa shape index (κ1) is 13.6. The number of halogens is 1. The van der Waals surface area contributed by atoms with E-state index in [4.69, 9.17) is 0 Å². The summed E-state index contributed by atoms with van der Waals surface area (Å²) in [5.41, 5.74) is 3.14. The van der Waals surface area contributed by atoms with Crippen molar-refractivity contribution < 1.29 is 4.79 Å². The van der Waals surface area contributed by atoms with E-state index in [-0.39, 0.29) is 11.9 Å². The molecular weight excluding hydrogens is 365 g/mol. The van der Waals surface area contributed by atoms with Crippen molar-refractivity contribution in [2.75, 3.05) is 0 Å². The predicted molar refractivity (Wildman–Crippen MR) is 85.5 cm³/mol. The van der Waals surface area contributed by atoms with Crippen LogP contribution in [0.2, 0.25) is 0 Å². The molecule has 1 unspecified atom stereocenters. The molecule has 20 heavy (non-hydrogen) atoms. The third-order valence-electron chi connectivity index (χ3n) is 3.80. The number of nitrogens with one attached hydrogen (secondary N) is 1. The summed E-state index contributed by atoms with van der Waals surface area (Å²) in [6.07, 6.45) is 4.99. The van der Waals surface area contributed by atoms with Crippen LogP contribution in [0, 0.1) is 3.57 Å². The predicted octanol–water partition coefficient (Wildman–Crippen LogP) is 2.83. The van der Waals surface area contributed by atoms with E-state index in [2.05, 4.69) is 33.0 Å². The molecule has 0 radical (unpaired) electrons. The Morgan fingerprint density at radius 2 is 2.25 bits per heavy atom. The van der Waals surface area contributed by atoms with Crippen molar-refractivity contribution in [3.63, 3.8) is 0 Å².